The highest BCUT2D eigenvalue weighted by molar-refractivity contribution is 6.30. The lowest BCUT2D eigenvalue weighted by atomic mass is 9.95. The maximum atomic E-state index is 9.09. The van der Waals surface area contributed by atoms with E-state index in [4.69, 9.17) is 16.7 Å². The monoisotopic (exact) mass is 213 g/mol. The first-order chi connectivity index (χ1) is 6.69. The van der Waals surface area contributed by atoms with Crippen LogP contribution in [0.15, 0.2) is 24.3 Å². The van der Waals surface area contributed by atoms with Gasteiger partial charge in [0.15, 0.2) is 0 Å². The maximum absolute atomic E-state index is 9.09. The molecule has 3 heteroatoms. The van der Waals surface area contributed by atoms with Gasteiger partial charge in [-0.05, 0) is 30.7 Å². The van der Waals surface area contributed by atoms with Crippen molar-refractivity contribution < 1.29 is 5.11 Å². The third kappa shape index (κ3) is 2.71. The van der Waals surface area contributed by atoms with Gasteiger partial charge in [0.25, 0.3) is 0 Å². The molecular weight excluding hydrogens is 198 g/mol. The first kappa shape index (κ1) is 11.5. The van der Waals surface area contributed by atoms with Gasteiger partial charge in [0.05, 0.1) is 0 Å². The van der Waals surface area contributed by atoms with Gasteiger partial charge in [0.1, 0.15) is 0 Å². The van der Waals surface area contributed by atoms with Gasteiger partial charge >= 0.3 is 0 Å². The molecule has 0 heterocycles. The molecule has 2 unspecified atom stereocenters. The fourth-order valence-electron chi connectivity index (χ4n) is 1.59. The number of hydrogen-bond acceptors (Lipinski definition) is 2. The lowest BCUT2D eigenvalue weighted by Gasteiger charge is -2.22. The topological polar surface area (TPSA) is 32.3 Å². The highest BCUT2D eigenvalue weighted by atomic mass is 35.5. The number of benzene rings is 1. The first-order valence-corrected chi connectivity index (χ1v) is 5.10. The summed E-state index contributed by atoms with van der Waals surface area (Å²) in [7, 11) is 1.89. The minimum Gasteiger partial charge on any atom is -0.396 e. The van der Waals surface area contributed by atoms with Crippen molar-refractivity contribution in [3.05, 3.63) is 34.9 Å². The molecular formula is C11H16ClNO. The Balaban J connectivity index is 2.89. The second kappa shape index (κ2) is 5.35. The molecule has 0 aliphatic heterocycles. The zero-order valence-electron chi connectivity index (χ0n) is 8.50. The van der Waals surface area contributed by atoms with E-state index in [1.165, 1.54) is 0 Å². The molecule has 0 saturated heterocycles. The molecule has 78 valence electrons. The molecule has 0 bridgehead atoms. The Hall–Kier alpha value is -0.570. The van der Waals surface area contributed by atoms with E-state index in [1.54, 1.807) is 0 Å². The molecule has 1 aromatic carbocycles. The Morgan fingerprint density at radius 2 is 2.21 bits per heavy atom. The Morgan fingerprint density at radius 1 is 1.50 bits per heavy atom. The van der Waals surface area contributed by atoms with Crippen LogP contribution in [0.5, 0.6) is 0 Å². The van der Waals surface area contributed by atoms with Gasteiger partial charge in [-0.2, -0.15) is 0 Å². The summed E-state index contributed by atoms with van der Waals surface area (Å²) in [6.45, 7) is 2.17. The lowest BCUT2D eigenvalue weighted by molar-refractivity contribution is 0.206. The van der Waals surface area contributed by atoms with Gasteiger partial charge in [-0.3, -0.25) is 0 Å². The Labute approximate surface area is 89.9 Å². The van der Waals surface area contributed by atoms with Crippen LogP contribution >= 0.6 is 11.6 Å². The van der Waals surface area contributed by atoms with Crippen molar-refractivity contribution in [3.63, 3.8) is 0 Å². The van der Waals surface area contributed by atoms with E-state index >= 15 is 0 Å². The summed E-state index contributed by atoms with van der Waals surface area (Å²) in [6, 6.07) is 7.86. The zero-order chi connectivity index (χ0) is 10.6. The van der Waals surface area contributed by atoms with E-state index < -0.39 is 0 Å². The SMILES string of the molecule is CNC(c1cccc(Cl)c1)C(C)CO. The molecule has 2 nitrogen and oxygen atoms in total. The standard InChI is InChI=1S/C11H16ClNO/c1-8(7-14)11(13-2)9-4-3-5-10(12)6-9/h3-6,8,11,13-14H,7H2,1-2H3. The normalized spacial score (nSPS) is 15.1. The number of nitrogens with one attached hydrogen (secondary N) is 1. The average Bonchev–Trinajstić information content (AvgIpc) is 2.19. The summed E-state index contributed by atoms with van der Waals surface area (Å²) < 4.78 is 0. The lowest BCUT2D eigenvalue weighted by Crippen LogP contribution is -2.25. The van der Waals surface area contributed by atoms with Crippen LogP contribution in [0.25, 0.3) is 0 Å². The molecule has 0 aliphatic rings. The van der Waals surface area contributed by atoms with Crippen molar-refractivity contribution in [3.8, 4) is 0 Å². The first-order valence-electron chi connectivity index (χ1n) is 4.72. The van der Waals surface area contributed by atoms with Gasteiger partial charge in [-0.25, -0.2) is 0 Å². The minimum absolute atomic E-state index is 0.152. The second-order valence-corrected chi connectivity index (χ2v) is 3.92. The molecule has 0 saturated carbocycles. The van der Waals surface area contributed by atoms with Crippen LogP contribution in [0.1, 0.15) is 18.5 Å². The van der Waals surface area contributed by atoms with Gasteiger partial charge in [0, 0.05) is 17.7 Å². The largest absolute Gasteiger partial charge is 0.396 e. The predicted molar refractivity (Wildman–Crippen MR) is 59.5 cm³/mol. The van der Waals surface area contributed by atoms with Crippen LogP contribution in [0, 0.1) is 5.92 Å². The van der Waals surface area contributed by atoms with Gasteiger partial charge in [-0.15, -0.1) is 0 Å². The molecule has 0 aliphatic carbocycles. The molecule has 0 radical (unpaired) electrons. The summed E-state index contributed by atoms with van der Waals surface area (Å²) in [5.74, 6) is 0.179. The van der Waals surface area contributed by atoms with Crippen LogP contribution < -0.4 is 5.32 Å². The zero-order valence-corrected chi connectivity index (χ0v) is 9.25. The van der Waals surface area contributed by atoms with Crippen molar-refractivity contribution in [1.82, 2.24) is 5.32 Å². The third-order valence-electron chi connectivity index (χ3n) is 2.38. The van der Waals surface area contributed by atoms with E-state index in [9.17, 15) is 0 Å². The van der Waals surface area contributed by atoms with Crippen LogP contribution in [0.4, 0.5) is 0 Å². The summed E-state index contributed by atoms with van der Waals surface area (Å²) >= 11 is 5.90. The molecule has 0 fully saturated rings. The molecule has 2 N–H and O–H groups in total. The van der Waals surface area contributed by atoms with Crippen molar-refractivity contribution in [2.24, 2.45) is 5.92 Å². The Bertz CT molecular complexity index is 290. The van der Waals surface area contributed by atoms with E-state index in [1.807, 2.05) is 38.2 Å². The quantitative estimate of drug-likeness (QED) is 0.804. The summed E-state index contributed by atoms with van der Waals surface area (Å²) in [4.78, 5) is 0. The summed E-state index contributed by atoms with van der Waals surface area (Å²) in [5, 5.41) is 13.0. The highest BCUT2D eigenvalue weighted by Gasteiger charge is 2.16. The molecule has 2 atom stereocenters. The van der Waals surface area contributed by atoms with Crippen LogP contribution in [-0.2, 0) is 0 Å². The molecule has 1 rings (SSSR count). The number of rotatable bonds is 4. The molecule has 0 amide bonds. The van der Waals surface area contributed by atoms with E-state index in [0.717, 1.165) is 10.6 Å². The minimum atomic E-state index is 0.152. The molecule has 0 aromatic heterocycles. The van der Waals surface area contributed by atoms with Crippen LogP contribution in [0.2, 0.25) is 5.02 Å². The molecule has 14 heavy (non-hydrogen) atoms. The fraction of sp³-hybridized carbons (Fsp3) is 0.455. The number of aliphatic hydroxyl groups excluding tert-OH is 1. The third-order valence-corrected chi connectivity index (χ3v) is 2.61. The van der Waals surface area contributed by atoms with E-state index in [-0.39, 0.29) is 18.6 Å². The molecule has 0 spiro atoms. The van der Waals surface area contributed by atoms with E-state index in [0.29, 0.717) is 0 Å². The number of hydrogen-bond donors (Lipinski definition) is 2. The van der Waals surface area contributed by atoms with Crippen LogP contribution in [-0.4, -0.2) is 18.8 Å². The molecule has 1 aromatic rings. The Morgan fingerprint density at radius 3 is 2.71 bits per heavy atom. The number of halogens is 1. The van der Waals surface area contributed by atoms with Gasteiger partial charge < -0.3 is 10.4 Å². The fourth-order valence-corrected chi connectivity index (χ4v) is 1.78. The van der Waals surface area contributed by atoms with E-state index in [2.05, 4.69) is 5.32 Å². The van der Waals surface area contributed by atoms with Gasteiger partial charge in [0.2, 0.25) is 0 Å². The predicted octanol–water partition coefficient (Wildman–Crippen LogP) is 2.23. The number of aliphatic hydroxyl groups is 1. The summed E-state index contributed by atoms with van der Waals surface area (Å²) in [5.41, 5.74) is 1.11. The van der Waals surface area contributed by atoms with Crippen LogP contribution in [0.3, 0.4) is 0 Å². The highest BCUT2D eigenvalue weighted by Crippen LogP contribution is 2.23. The average molecular weight is 214 g/mol. The van der Waals surface area contributed by atoms with Crippen molar-refractivity contribution >= 4 is 11.6 Å². The Kier molecular flexibility index (Phi) is 4.39. The second-order valence-electron chi connectivity index (χ2n) is 3.48. The maximum Gasteiger partial charge on any atom is 0.0474 e. The van der Waals surface area contributed by atoms with Crippen molar-refractivity contribution in [2.45, 2.75) is 13.0 Å². The van der Waals surface area contributed by atoms with Crippen molar-refractivity contribution in [1.29, 1.82) is 0 Å². The van der Waals surface area contributed by atoms with Crippen molar-refractivity contribution in [2.75, 3.05) is 13.7 Å². The summed E-state index contributed by atoms with van der Waals surface area (Å²) in [6.07, 6.45) is 0. The van der Waals surface area contributed by atoms with Gasteiger partial charge in [-0.1, -0.05) is 30.7 Å². The smallest absolute Gasteiger partial charge is 0.0474 e.